The lowest BCUT2D eigenvalue weighted by atomic mass is 9.91. The van der Waals surface area contributed by atoms with Crippen LogP contribution in [0.4, 0.5) is 0 Å². The van der Waals surface area contributed by atoms with Gasteiger partial charge in [-0.1, -0.05) is 0 Å². The third kappa shape index (κ3) is 3.12. The standard InChI is InChI=1S/C15H21N3O2S/c19-15(17-11-1-2-11)12-7-10-3-5-18(8-13(10)20-12)9-14-16-4-6-21-14/h4,6,10-13H,1-3,5,7-9H2,(H,17,19)/t10-,12+,13+/m0/s1. The van der Waals surface area contributed by atoms with Crippen LogP contribution < -0.4 is 5.32 Å². The quantitative estimate of drug-likeness (QED) is 0.913. The van der Waals surface area contributed by atoms with Crippen LogP contribution in [0.2, 0.25) is 0 Å². The molecule has 1 aromatic rings. The molecule has 114 valence electrons. The van der Waals surface area contributed by atoms with Gasteiger partial charge in [0.2, 0.25) is 5.91 Å². The number of aromatic nitrogens is 1. The molecule has 3 atom stereocenters. The summed E-state index contributed by atoms with van der Waals surface area (Å²) in [7, 11) is 0. The minimum Gasteiger partial charge on any atom is -0.364 e. The largest absolute Gasteiger partial charge is 0.364 e. The van der Waals surface area contributed by atoms with Gasteiger partial charge in [-0.15, -0.1) is 11.3 Å². The molecule has 3 fully saturated rings. The van der Waals surface area contributed by atoms with Crippen molar-refractivity contribution in [1.82, 2.24) is 15.2 Å². The van der Waals surface area contributed by atoms with Gasteiger partial charge in [-0.2, -0.15) is 0 Å². The summed E-state index contributed by atoms with van der Waals surface area (Å²) in [6.07, 6.45) is 6.14. The number of likely N-dealkylation sites (tertiary alicyclic amines) is 1. The Labute approximate surface area is 128 Å². The van der Waals surface area contributed by atoms with Crippen LogP contribution in [0.3, 0.4) is 0 Å². The highest BCUT2D eigenvalue weighted by atomic mass is 32.1. The second-order valence-corrected chi connectivity index (χ2v) is 7.37. The Kier molecular flexibility index (Phi) is 3.69. The highest BCUT2D eigenvalue weighted by Crippen LogP contribution is 2.34. The van der Waals surface area contributed by atoms with E-state index in [-0.39, 0.29) is 18.1 Å². The van der Waals surface area contributed by atoms with E-state index in [0.717, 1.165) is 50.3 Å². The molecule has 0 unspecified atom stereocenters. The topological polar surface area (TPSA) is 54.5 Å². The number of piperidine rings is 1. The van der Waals surface area contributed by atoms with Crippen molar-refractivity contribution >= 4 is 17.2 Å². The molecule has 3 heterocycles. The zero-order valence-electron chi connectivity index (χ0n) is 12.0. The molecule has 1 amide bonds. The summed E-state index contributed by atoms with van der Waals surface area (Å²) in [4.78, 5) is 18.9. The second kappa shape index (κ2) is 5.66. The Morgan fingerprint density at radius 3 is 3.14 bits per heavy atom. The number of fused-ring (bicyclic) bond motifs is 1. The van der Waals surface area contributed by atoms with Crippen molar-refractivity contribution in [3.63, 3.8) is 0 Å². The lowest BCUT2D eigenvalue weighted by Crippen LogP contribution is -2.42. The van der Waals surface area contributed by atoms with Crippen LogP contribution in [-0.2, 0) is 16.1 Å². The van der Waals surface area contributed by atoms with Crippen LogP contribution in [0, 0.1) is 5.92 Å². The van der Waals surface area contributed by atoms with Gasteiger partial charge in [-0.3, -0.25) is 9.69 Å². The zero-order valence-corrected chi connectivity index (χ0v) is 12.8. The Morgan fingerprint density at radius 1 is 1.48 bits per heavy atom. The third-order valence-electron chi connectivity index (χ3n) is 4.69. The summed E-state index contributed by atoms with van der Waals surface area (Å²) >= 11 is 1.70. The SMILES string of the molecule is O=C(NC1CC1)[C@H]1C[C@@H]2CCN(Cc3nccs3)C[C@H]2O1. The molecule has 0 spiro atoms. The van der Waals surface area contributed by atoms with Crippen molar-refractivity contribution in [2.75, 3.05) is 13.1 Å². The monoisotopic (exact) mass is 307 g/mol. The number of rotatable bonds is 4. The lowest BCUT2D eigenvalue weighted by molar-refractivity contribution is -0.133. The molecule has 1 aliphatic carbocycles. The highest BCUT2D eigenvalue weighted by molar-refractivity contribution is 7.09. The Morgan fingerprint density at radius 2 is 2.38 bits per heavy atom. The molecule has 1 N–H and O–H groups in total. The smallest absolute Gasteiger partial charge is 0.249 e. The predicted molar refractivity (Wildman–Crippen MR) is 79.9 cm³/mol. The number of amides is 1. The van der Waals surface area contributed by atoms with Crippen LogP contribution >= 0.6 is 11.3 Å². The Bertz CT molecular complexity index is 503. The first-order chi connectivity index (χ1) is 10.3. The first-order valence-electron chi connectivity index (χ1n) is 7.84. The third-order valence-corrected chi connectivity index (χ3v) is 5.46. The van der Waals surface area contributed by atoms with Crippen molar-refractivity contribution in [2.24, 2.45) is 5.92 Å². The maximum absolute atomic E-state index is 12.1. The molecule has 6 heteroatoms. The molecule has 0 radical (unpaired) electrons. The summed E-state index contributed by atoms with van der Waals surface area (Å²) in [6.45, 7) is 2.92. The van der Waals surface area contributed by atoms with E-state index >= 15 is 0 Å². The van der Waals surface area contributed by atoms with Crippen molar-refractivity contribution in [3.8, 4) is 0 Å². The normalized spacial score (nSPS) is 32.9. The maximum atomic E-state index is 12.1. The molecule has 0 bridgehead atoms. The molecule has 2 aliphatic heterocycles. The molecule has 0 aromatic carbocycles. The average molecular weight is 307 g/mol. The van der Waals surface area contributed by atoms with Gasteiger partial charge in [-0.05, 0) is 38.1 Å². The summed E-state index contributed by atoms with van der Waals surface area (Å²) < 4.78 is 6.03. The van der Waals surface area contributed by atoms with Gasteiger partial charge in [0.05, 0.1) is 12.6 Å². The number of carbonyl (C=O) groups is 1. The number of nitrogens with zero attached hydrogens (tertiary/aromatic N) is 2. The molecule has 4 rings (SSSR count). The number of ether oxygens (including phenoxy) is 1. The maximum Gasteiger partial charge on any atom is 0.249 e. The molecule has 21 heavy (non-hydrogen) atoms. The fourth-order valence-electron chi connectivity index (χ4n) is 3.35. The predicted octanol–water partition coefficient (Wildman–Crippen LogP) is 1.40. The van der Waals surface area contributed by atoms with E-state index in [2.05, 4.69) is 15.2 Å². The minimum atomic E-state index is -0.222. The van der Waals surface area contributed by atoms with Crippen LogP contribution in [0.25, 0.3) is 0 Å². The minimum absolute atomic E-state index is 0.110. The van der Waals surface area contributed by atoms with Crippen LogP contribution in [0.15, 0.2) is 11.6 Å². The van der Waals surface area contributed by atoms with Crippen molar-refractivity contribution in [1.29, 1.82) is 0 Å². The van der Waals surface area contributed by atoms with Gasteiger partial charge < -0.3 is 10.1 Å². The molecule has 1 saturated carbocycles. The van der Waals surface area contributed by atoms with Gasteiger partial charge in [0.15, 0.2) is 0 Å². The van der Waals surface area contributed by atoms with Gasteiger partial charge >= 0.3 is 0 Å². The van der Waals surface area contributed by atoms with Gasteiger partial charge in [-0.25, -0.2) is 4.98 Å². The summed E-state index contributed by atoms with van der Waals surface area (Å²) in [5, 5.41) is 6.25. The van der Waals surface area contributed by atoms with Crippen LogP contribution in [0.5, 0.6) is 0 Å². The molecule has 2 saturated heterocycles. The summed E-state index contributed by atoms with van der Waals surface area (Å²) in [5.74, 6) is 0.658. The fourth-order valence-corrected chi connectivity index (χ4v) is 4.01. The van der Waals surface area contributed by atoms with Gasteiger partial charge in [0, 0.05) is 24.2 Å². The van der Waals surface area contributed by atoms with Gasteiger partial charge in [0.25, 0.3) is 0 Å². The second-order valence-electron chi connectivity index (χ2n) is 6.39. The van der Waals surface area contributed by atoms with Crippen molar-refractivity contribution in [3.05, 3.63) is 16.6 Å². The van der Waals surface area contributed by atoms with Crippen molar-refractivity contribution in [2.45, 2.75) is 50.5 Å². The van der Waals surface area contributed by atoms with E-state index < -0.39 is 0 Å². The Balaban J connectivity index is 1.32. The van der Waals surface area contributed by atoms with E-state index in [1.165, 1.54) is 0 Å². The number of thiazole rings is 1. The summed E-state index contributed by atoms with van der Waals surface area (Å²) in [6, 6.07) is 0.421. The highest BCUT2D eigenvalue weighted by Gasteiger charge is 2.42. The van der Waals surface area contributed by atoms with E-state index in [1.54, 1.807) is 11.3 Å². The fraction of sp³-hybridized carbons (Fsp3) is 0.733. The van der Waals surface area contributed by atoms with E-state index in [9.17, 15) is 4.79 Å². The average Bonchev–Trinajstić information content (AvgIpc) is 3.00. The molecular weight excluding hydrogens is 286 g/mol. The molecular formula is C15H21N3O2S. The molecule has 3 aliphatic rings. The first-order valence-corrected chi connectivity index (χ1v) is 8.72. The van der Waals surface area contributed by atoms with E-state index in [0.29, 0.717) is 12.0 Å². The summed E-state index contributed by atoms with van der Waals surface area (Å²) in [5.41, 5.74) is 0. The number of hydrogen-bond donors (Lipinski definition) is 1. The van der Waals surface area contributed by atoms with Crippen molar-refractivity contribution < 1.29 is 9.53 Å². The van der Waals surface area contributed by atoms with Gasteiger partial charge in [0.1, 0.15) is 11.1 Å². The zero-order chi connectivity index (χ0) is 14.2. The number of carbonyl (C=O) groups excluding carboxylic acids is 1. The molecule has 5 nitrogen and oxygen atoms in total. The first kappa shape index (κ1) is 13.7. The van der Waals surface area contributed by atoms with E-state index in [1.807, 2.05) is 11.6 Å². The van der Waals surface area contributed by atoms with Crippen LogP contribution in [-0.4, -0.2) is 47.1 Å². The number of hydrogen-bond acceptors (Lipinski definition) is 5. The lowest BCUT2D eigenvalue weighted by Gasteiger charge is -2.33. The van der Waals surface area contributed by atoms with Crippen LogP contribution in [0.1, 0.15) is 30.7 Å². The number of nitrogens with one attached hydrogen (secondary N) is 1. The molecule has 1 aromatic heterocycles. The van der Waals surface area contributed by atoms with E-state index in [4.69, 9.17) is 4.74 Å². The Hall–Kier alpha value is -0.980.